The lowest BCUT2D eigenvalue weighted by Gasteiger charge is -2.25. The minimum atomic E-state index is 0.663. The number of hydrogen-bond acceptors (Lipinski definition) is 2. The number of fused-ring (bicyclic) bond motifs is 2. The van der Waals surface area contributed by atoms with E-state index in [0.717, 1.165) is 19.4 Å². The van der Waals surface area contributed by atoms with E-state index in [-0.39, 0.29) is 0 Å². The van der Waals surface area contributed by atoms with Crippen molar-refractivity contribution in [3.63, 3.8) is 0 Å². The Bertz CT molecular complexity index is 581. The largest absolute Gasteiger partial charge is 0.310 e. The van der Waals surface area contributed by atoms with Crippen LogP contribution < -0.4 is 0 Å². The van der Waals surface area contributed by atoms with E-state index in [2.05, 4.69) is 39.0 Å². The van der Waals surface area contributed by atoms with E-state index in [1.807, 2.05) is 0 Å². The highest BCUT2D eigenvalue weighted by Crippen LogP contribution is 2.36. The van der Waals surface area contributed by atoms with Crippen LogP contribution in [0.5, 0.6) is 0 Å². The zero-order chi connectivity index (χ0) is 11.9. The summed E-state index contributed by atoms with van der Waals surface area (Å²) in [6.45, 7) is 0.963. The summed E-state index contributed by atoms with van der Waals surface area (Å²) < 4.78 is 2.37. The van der Waals surface area contributed by atoms with Gasteiger partial charge in [0.15, 0.2) is 0 Å². The zero-order valence-electron chi connectivity index (χ0n) is 10.5. The van der Waals surface area contributed by atoms with Crippen LogP contribution in [0.4, 0.5) is 0 Å². The maximum absolute atomic E-state index is 4.45. The molecule has 2 aromatic rings. The van der Waals surface area contributed by atoms with Gasteiger partial charge in [0.25, 0.3) is 0 Å². The van der Waals surface area contributed by atoms with Gasteiger partial charge < -0.3 is 4.57 Å². The fourth-order valence-corrected chi connectivity index (χ4v) is 3.05. The Morgan fingerprint density at radius 1 is 1.00 bits per heavy atom. The lowest BCUT2D eigenvalue weighted by Crippen LogP contribution is -2.16. The van der Waals surface area contributed by atoms with Crippen LogP contribution in [0.1, 0.15) is 48.0 Å². The molecule has 0 saturated heterocycles. The molecular formula is C15H17N3. The van der Waals surface area contributed by atoms with Gasteiger partial charge in [-0.15, -0.1) is 10.2 Å². The Morgan fingerprint density at radius 2 is 1.83 bits per heavy atom. The monoisotopic (exact) mass is 239 g/mol. The van der Waals surface area contributed by atoms with Crippen molar-refractivity contribution in [2.45, 2.75) is 44.6 Å². The molecule has 1 aliphatic heterocycles. The average Bonchev–Trinajstić information content (AvgIpc) is 2.61. The van der Waals surface area contributed by atoms with Gasteiger partial charge in [-0.2, -0.15) is 0 Å². The van der Waals surface area contributed by atoms with Crippen LogP contribution in [0, 0.1) is 0 Å². The highest BCUT2D eigenvalue weighted by Gasteiger charge is 2.27. The van der Waals surface area contributed by atoms with E-state index in [1.54, 1.807) is 0 Å². The molecule has 3 heteroatoms. The first-order valence-corrected chi connectivity index (χ1v) is 6.90. The minimum Gasteiger partial charge on any atom is -0.310 e. The fourth-order valence-electron chi connectivity index (χ4n) is 3.05. The van der Waals surface area contributed by atoms with E-state index >= 15 is 0 Å². The van der Waals surface area contributed by atoms with Gasteiger partial charge in [0.2, 0.25) is 0 Å². The normalized spacial score (nSPS) is 18.7. The summed E-state index contributed by atoms with van der Waals surface area (Å²) in [4.78, 5) is 0. The van der Waals surface area contributed by atoms with Crippen LogP contribution in [0.2, 0.25) is 0 Å². The Morgan fingerprint density at radius 3 is 2.61 bits per heavy atom. The maximum atomic E-state index is 4.45. The summed E-state index contributed by atoms with van der Waals surface area (Å²) in [5, 5.41) is 8.86. The summed E-state index contributed by atoms with van der Waals surface area (Å²) in [5.41, 5.74) is 2.92. The second-order valence-electron chi connectivity index (χ2n) is 5.46. The standard InChI is InChI=1S/C15H17N3/c1-2-5-13-10-18-14(9-8-11(13)4-1)16-17-15(18)12-6-3-7-12/h1-2,4-5,12H,3,6-10H2. The molecule has 2 heterocycles. The number of nitrogens with zero attached hydrogens (tertiary/aromatic N) is 3. The highest BCUT2D eigenvalue weighted by atomic mass is 15.3. The third kappa shape index (κ3) is 1.50. The van der Waals surface area contributed by atoms with E-state index in [0.29, 0.717) is 5.92 Å². The molecule has 0 spiro atoms. The zero-order valence-corrected chi connectivity index (χ0v) is 10.5. The van der Waals surface area contributed by atoms with Crippen LogP contribution in [-0.2, 0) is 19.4 Å². The quantitative estimate of drug-likeness (QED) is 0.766. The average molecular weight is 239 g/mol. The molecule has 92 valence electrons. The Kier molecular flexibility index (Phi) is 2.25. The molecule has 1 saturated carbocycles. The topological polar surface area (TPSA) is 30.7 Å². The highest BCUT2D eigenvalue weighted by molar-refractivity contribution is 5.30. The van der Waals surface area contributed by atoms with Crippen LogP contribution in [0.25, 0.3) is 0 Å². The second kappa shape index (κ2) is 3.94. The number of aromatic nitrogens is 3. The van der Waals surface area contributed by atoms with Crippen molar-refractivity contribution >= 4 is 0 Å². The van der Waals surface area contributed by atoms with Crippen molar-refractivity contribution in [2.75, 3.05) is 0 Å². The lowest BCUT2D eigenvalue weighted by molar-refractivity contribution is 0.388. The molecule has 0 atom stereocenters. The second-order valence-corrected chi connectivity index (χ2v) is 5.46. The Labute approximate surface area is 107 Å². The van der Waals surface area contributed by atoms with Crippen molar-refractivity contribution < 1.29 is 0 Å². The molecule has 0 N–H and O–H groups in total. The summed E-state index contributed by atoms with van der Waals surface area (Å²) >= 11 is 0. The molecular weight excluding hydrogens is 222 g/mol. The molecule has 18 heavy (non-hydrogen) atoms. The molecule has 0 unspecified atom stereocenters. The summed E-state index contributed by atoms with van der Waals surface area (Å²) in [7, 11) is 0. The van der Waals surface area contributed by atoms with E-state index in [9.17, 15) is 0 Å². The number of aryl methyl sites for hydroxylation is 2. The summed E-state index contributed by atoms with van der Waals surface area (Å²) in [5.74, 6) is 3.07. The van der Waals surface area contributed by atoms with Crippen LogP contribution in [0.3, 0.4) is 0 Å². The summed E-state index contributed by atoms with van der Waals surface area (Å²) in [6.07, 6.45) is 6.05. The van der Waals surface area contributed by atoms with Crippen LogP contribution in [-0.4, -0.2) is 14.8 Å². The molecule has 2 aliphatic rings. The predicted molar refractivity (Wildman–Crippen MR) is 69.6 cm³/mol. The molecule has 0 radical (unpaired) electrons. The van der Waals surface area contributed by atoms with Crippen LogP contribution >= 0.6 is 0 Å². The van der Waals surface area contributed by atoms with Gasteiger partial charge in [-0.05, 0) is 30.4 Å². The number of rotatable bonds is 1. The van der Waals surface area contributed by atoms with Gasteiger partial charge in [-0.3, -0.25) is 0 Å². The fraction of sp³-hybridized carbons (Fsp3) is 0.467. The number of benzene rings is 1. The predicted octanol–water partition coefficient (Wildman–Crippen LogP) is 2.69. The molecule has 1 fully saturated rings. The molecule has 0 bridgehead atoms. The Hall–Kier alpha value is -1.64. The maximum Gasteiger partial charge on any atom is 0.136 e. The van der Waals surface area contributed by atoms with Crippen molar-refractivity contribution in [1.29, 1.82) is 0 Å². The lowest BCUT2D eigenvalue weighted by atomic mass is 9.85. The molecule has 1 aromatic carbocycles. The molecule has 3 nitrogen and oxygen atoms in total. The van der Waals surface area contributed by atoms with Gasteiger partial charge >= 0.3 is 0 Å². The summed E-state index contributed by atoms with van der Waals surface area (Å²) in [6, 6.07) is 8.77. The van der Waals surface area contributed by atoms with Gasteiger partial charge in [-0.25, -0.2) is 0 Å². The SMILES string of the molecule is c1ccc2c(c1)CCc1nnc(C3CCC3)n1C2. The van der Waals surface area contributed by atoms with E-state index in [4.69, 9.17) is 0 Å². The van der Waals surface area contributed by atoms with Crippen molar-refractivity contribution in [3.05, 3.63) is 47.0 Å². The third-order valence-corrected chi connectivity index (χ3v) is 4.39. The molecule has 1 aliphatic carbocycles. The molecule has 0 amide bonds. The molecule has 4 rings (SSSR count). The molecule has 1 aromatic heterocycles. The van der Waals surface area contributed by atoms with Crippen molar-refractivity contribution in [2.24, 2.45) is 0 Å². The van der Waals surface area contributed by atoms with Crippen LogP contribution in [0.15, 0.2) is 24.3 Å². The van der Waals surface area contributed by atoms with Gasteiger partial charge in [0.05, 0.1) is 6.54 Å². The smallest absolute Gasteiger partial charge is 0.136 e. The first-order valence-electron chi connectivity index (χ1n) is 6.90. The third-order valence-electron chi connectivity index (χ3n) is 4.39. The number of hydrogen-bond donors (Lipinski definition) is 0. The first kappa shape index (κ1) is 10.3. The van der Waals surface area contributed by atoms with E-state index in [1.165, 1.54) is 42.0 Å². The van der Waals surface area contributed by atoms with Crippen molar-refractivity contribution in [1.82, 2.24) is 14.8 Å². The first-order chi connectivity index (χ1) is 8.92. The van der Waals surface area contributed by atoms with Crippen molar-refractivity contribution in [3.8, 4) is 0 Å². The minimum absolute atomic E-state index is 0.663. The van der Waals surface area contributed by atoms with Gasteiger partial charge in [0.1, 0.15) is 11.6 Å². The van der Waals surface area contributed by atoms with E-state index < -0.39 is 0 Å². The van der Waals surface area contributed by atoms with Gasteiger partial charge in [0, 0.05) is 12.3 Å². The Balaban J connectivity index is 1.77. The van der Waals surface area contributed by atoms with Gasteiger partial charge in [-0.1, -0.05) is 30.7 Å².